The molecule has 1 atom stereocenters. The SMILES string of the molecule is CCCNC(c1ccc(F)cc1C)c1ccc(C)cc1Cl. The summed E-state index contributed by atoms with van der Waals surface area (Å²) < 4.78 is 13.4. The largest absolute Gasteiger partial charge is 0.306 e. The Balaban J connectivity index is 2.46. The molecule has 0 aliphatic rings. The molecule has 0 aromatic heterocycles. The number of aryl methyl sites for hydroxylation is 2. The van der Waals surface area contributed by atoms with Crippen LogP contribution in [0.4, 0.5) is 4.39 Å². The summed E-state index contributed by atoms with van der Waals surface area (Å²) >= 11 is 6.42. The Morgan fingerprint density at radius 1 is 1.10 bits per heavy atom. The molecule has 0 heterocycles. The third-order valence-corrected chi connectivity index (χ3v) is 3.94. The Hall–Kier alpha value is -1.38. The smallest absolute Gasteiger partial charge is 0.123 e. The van der Waals surface area contributed by atoms with Gasteiger partial charge in [0.05, 0.1) is 6.04 Å². The van der Waals surface area contributed by atoms with Gasteiger partial charge in [-0.3, -0.25) is 0 Å². The van der Waals surface area contributed by atoms with Gasteiger partial charge in [0.15, 0.2) is 0 Å². The number of halogens is 2. The number of benzene rings is 2. The number of hydrogen-bond donors (Lipinski definition) is 1. The lowest BCUT2D eigenvalue weighted by Gasteiger charge is -2.23. The summed E-state index contributed by atoms with van der Waals surface area (Å²) in [7, 11) is 0. The predicted molar refractivity (Wildman–Crippen MR) is 87.5 cm³/mol. The van der Waals surface area contributed by atoms with E-state index in [1.54, 1.807) is 6.07 Å². The van der Waals surface area contributed by atoms with Crippen molar-refractivity contribution in [3.05, 3.63) is 69.5 Å². The van der Waals surface area contributed by atoms with E-state index < -0.39 is 0 Å². The lowest BCUT2D eigenvalue weighted by Crippen LogP contribution is -2.24. The first-order valence-corrected chi connectivity index (χ1v) is 7.66. The molecule has 21 heavy (non-hydrogen) atoms. The van der Waals surface area contributed by atoms with Gasteiger partial charge in [0.2, 0.25) is 0 Å². The van der Waals surface area contributed by atoms with Crippen molar-refractivity contribution >= 4 is 11.6 Å². The van der Waals surface area contributed by atoms with Gasteiger partial charge in [-0.15, -0.1) is 0 Å². The van der Waals surface area contributed by atoms with E-state index in [0.29, 0.717) is 0 Å². The van der Waals surface area contributed by atoms with E-state index in [2.05, 4.69) is 18.3 Å². The Morgan fingerprint density at radius 2 is 1.81 bits per heavy atom. The van der Waals surface area contributed by atoms with Crippen LogP contribution in [0.25, 0.3) is 0 Å². The van der Waals surface area contributed by atoms with E-state index in [-0.39, 0.29) is 11.9 Å². The zero-order chi connectivity index (χ0) is 15.4. The molecule has 2 aromatic carbocycles. The second-order valence-electron chi connectivity index (χ2n) is 5.41. The minimum Gasteiger partial charge on any atom is -0.306 e. The fourth-order valence-corrected chi connectivity index (χ4v) is 2.85. The van der Waals surface area contributed by atoms with Crippen molar-refractivity contribution in [2.24, 2.45) is 0 Å². The fourth-order valence-electron chi connectivity index (χ4n) is 2.51. The van der Waals surface area contributed by atoms with Crippen molar-refractivity contribution in [1.29, 1.82) is 0 Å². The summed E-state index contributed by atoms with van der Waals surface area (Å²) in [6, 6.07) is 11.0. The lowest BCUT2D eigenvalue weighted by molar-refractivity contribution is 0.590. The molecule has 1 N–H and O–H groups in total. The van der Waals surface area contributed by atoms with Gasteiger partial charge >= 0.3 is 0 Å². The van der Waals surface area contributed by atoms with Crippen LogP contribution in [-0.4, -0.2) is 6.54 Å². The normalized spacial score (nSPS) is 12.4. The Bertz CT molecular complexity index is 573. The molecule has 0 spiro atoms. The maximum atomic E-state index is 13.4. The number of nitrogens with one attached hydrogen (secondary N) is 1. The summed E-state index contributed by atoms with van der Waals surface area (Å²) in [6.07, 6.45) is 1.03. The molecule has 0 aliphatic carbocycles. The van der Waals surface area contributed by atoms with E-state index in [0.717, 1.165) is 40.2 Å². The summed E-state index contributed by atoms with van der Waals surface area (Å²) in [6.45, 7) is 6.96. The van der Waals surface area contributed by atoms with E-state index in [1.165, 1.54) is 6.07 Å². The van der Waals surface area contributed by atoms with Crippen molar-refractivity contribution in [3.63, 3.8) is 0 Å². The first kappa shape index (κ1) is 16.0. The second kappa shape index (κ2) is 7.06. The van der Waals surface area contributed by atoms with Gasteiger partial charge in [0, 0.05) is 5.02 Å². The highest BCUT2D eigenvalue weighted by atomic mass is 35.5. The summed E-state index contributed by atoms with van der Waals surface area (Å²) in [5, 5.41) is 4.26. The molecule has 3 heteroatoms. The third-order valence-electron chi connectivity index (χ3n) is 3.61. The zero-order valence-corrected chi connectivity index (χ0v) is 13.5. The predicted octanol–water partition coefficient (Wildman–Crippen LogP) is 5.18. The molecule has 0 amide bonds. The van der Waals surface area contributed by atoms with Crippen molar-refractivity contribution in [1.82, 2.24) is 5.32 Å². The minimum absolute atomic E-state index is 0.0151. The first-order chi connectivity index (χ1) is 10.0. The van der Waals surface area contributed by atoms with Crippen LogP contribution in [0.3, 0.4) is 0 Å². The van der Waals surface area contributed by atoms with Gasteiger partial charge in [0.1, 0.15) is 5.82 Å². The van der Waals surface area contributed by atoms with Crippen molar-refractivity contribution in [2.45, 2.75) is 33.2 Å². The van der Waals surface area contributed by atoms with Gasteiger partial charge < -0.3 is 5.32 Å². The quantitative estimate of drug-likeness (QED) is 0.802. The number of hydrogen-bond acceptors (Lipinski definition) is 1. The highest BCUT2D eigenvalue weighted by Crippen LogP contribution is 2.31. The number of rotatable bonds is 5. The zero-order valence-electron chi connectivity index (χ0n) is 12.7. The maximum Gasteiger partial charge on any atom is 0.123 e. The minimum atomic E-state index is -0.208. The average Bonchev–Trinajstić information content (AvgIpc) is 2.42. The summed E-state index contributed by atoms with van der Waals surface area (Å²) in [5.74, 6) is -0.208. The van der Waals surface area contributed by atoms with Crippen molar-refractivity contribution < 1.29 is 4.39 Å². The van der Waals surface area contributed by atoms with Crippen LogP contribution >= 0.6 is 11.6 Å². The van der Waals surface area contributed by atoms with Gasteiger partial charge in [0.25, 0.3) is 0 Å². The molecular formula is C18H21ClFN. The lowest BCUT2D eigenvalue weighted by atomic mass is 9.94. The molecule has 0 saturated heterocycles. The Morgan fingerprint density at radius 3 is 2.43 bits per heavy atom. The third kappa shape index (κ3) is 3.84. The van der Waals surface area contributed by atoms with E-state index in [9.17, 15) is 4.39 Å². The van der Waals surface area contributed by atoms with Crippen LogP contribution < -0.4 is 5.32 Å². The monoisotopic (exact) mass is 305 g/mol. The van der Waals surface area contributed by atoms with E-state index >= 15 is 0 Å². The van der Waals surface area contributed by atoms with Crippen LogP contribution in [0.5, 0.6) is 0 Å². The standard InChI is InChI=1S/C18H21ClFN/c1-4-9-21-18(15-8-6-14(20)11-13(15)3)16-7-5-12(2)10-17(16)19/h5-8,10-11,18,21H,4,9H2,1-3H3. The van der Waals surface area contributed by atoms with Gasteiger partial charge in [-0.05, 0) is 67.3 Å². The van der Waals surface area contributed by atoms with Crippen LogP contribution in [0.2, 0.25) is 5.02 Å². The fraction of sp³-hybridized carbons (Fsp3) is 0.333. The van der Waals surface area contributed by atoms with E-state index in [4.69, 9.17) is 11.6 Å². The second-order valence-corrected chi connectivity index (χ2v) is 5.82. The molecule has 0 bridgehead atoms. The molecule has 112 valence electrons. The van der Waals surface area contributed by atoms with Gasteiger partial charge in [-0.25, -0.2) is 4.39 Å². The highest BCUT2D eigenvalue weighted by molar-refractivity contribution is 6.31. The van der Waals surface area contributed by atoms with Crippen LogP contribution in [0, 0.1) is 19.7 Å². The van der Waals surface area contributed by atoms with Gasteiger partial charge in [-0.2, -0.15) is 0 Å². The molecule has 1 nitrogen and oxygen atoms in total. The molecule has 2 aromatic rings. The van der Waals surface area contributed by atoms with Crippen molar-refractivity contribution in [3.8, 4) is 0 Å². The molecule has 1 unspecified atom stereocenters. The molecule has 0 aliphatic heterocycles. The summed E-state index contributed by atoms with van der Waals surface area (Å²) in [4.78, 5) is 0. The highest BCUT2D eigenvalue weighted by Gasteiger charge is 2.18. The first-order valence-electron chi connectivity index (χ1n) is 7.28. The Labute approximate surface area is 131 Å². The van der Waals surface area contributed by atoms with E-state index in [1.807, 2.05) is 32.0 Å². The molecular weight excluding hydrogens is 285 g/mol. The van der Waals surface area contributed by atoms with Gasteiger partial charge in [-0.1, -0.05) is 36.7 Å². The average molecular weight is 306 g/mol. The topological polar surface area (TPSA) is 12.0 Å². The van der Waals surface area contributed by atoms with Crippen LogP contribution in [0.1, 0.15) is 41.6 Å². The Kier molecular flexibility index (Phi) is 5.38. The summed E-state index contributed by atoms with van der Waals surface area (Å²) in [5.41, 5.74) is 4.16. The molecule has 2 rings (SSSR count). The molecule has 0 radical (unpaired) electrons. The van der Waals surface area contributed by atoms with Crippen molar-refractivity contribution in [2.75, 3.05) is 6.54 Å². The molecule has 0 fully saturated rings. The van der Waals surface area contributed by atoms with Crippen LogP contribution in [0.15, 0.2) is 36.4 Å². The maximum absolute atomic E-state index is 13.4. The van der Waals surface area contributed by atoms with Crippen LogP contribution in [-0.2, 0) is 0 Å². The molecule has 0 saturated carbocycles.